The highest BCUT2D eigenvalue weighted by Crippen LogP contribution is 2.36. The molecule has 4 aromatic rings. The van der Waals surface area contributed by atoms with Crippen molar-refractivity contribution in [2.75, 3.05) is 37.0 Å². The second-order valence-corrected chi connectivity index (χ2v) is 9.81. The Morgan fingerprint density at radius 3 is 2.97 bits per heavy atom. The van der Waals surface area contributed by atoms with Crippen molar-refractivity contribution in [2.45, 2.75) is 38.2 Å². The number of pyridine rings is 1. The van der Waals surface area contributed by atoms with Gasteiger partial charge in [0.2, 0.25) is 5.88 Å². The molecule has 0 unspecified atom stereocenters. The number of aliphatic hydroxyl groups is 1. The molecule has 6 rings (SSSR count). The number of ether oxygens (including phenoxy) is 2. The second kappa shape index (κ2) is 8.98. The Hall–Kier alpha value is -3.85. The molecule has 0 radical (unpaired) electrons. The molecule has 9 nitrogen and oxygen atoms in total. The van der Waals surface area contributed by atoms with Crippen LogP contribution >= 0.6 is 0 Å². The van der Waals surface area contributed by atoms with Crippen molar-refractivity contribution < 1.29 is 14.6 Å². The van der Waals surface area contributed by atoms with Gasteiger partial charge >= 0.3 is 0 Å². The zero-order valence-electron chi connectivity index (χ0n) is 20.6. The Bertz CT molecular complexity index is 1420. The lowest BCUT2D eigenvalue weighted by molar-refractivity contribution is 0.0448. The molecule has 1 fully saturated rings. The lowest BCUT2D eigenvalue weighted by Gasteiger charge is -2.38. The van der Waals surface area contributed by atoms with E-state index in [1.54, 1.807) is 13.3 Å². The first-order chi connectivity index (χ1) is 17.5. The third-order valence-corrected chi connectivity index (χ3v) is 6.88. The summed E-state index contributed by atoms with van der Waals surface area (Å²) in [6.45, 7) is 4.07. The fourth-order valence-electron chi connectivity index (χ4n) is 5.11. The zero-order valence-corrected chi connectivity index (χ0v) is 20.6. The Labute approximate surface area is 209 Å². The summed E-state index contributed by atoms with van der Waals surface area (Å²) in [5, 5.41) is 14.0. The maximum atomic E-state index is 10.6. The number of hydrogen-bond acceptors (Lipinski definition) is 8. The molecule has 0 amide bonds. The summed E-state index contributed by atoms with van der Waals surface area (Å²) >= 11 is 0. The maximum absolute atomic E-state index is 10.6. The predicted molar refractivity (Wildman–Crippen MR) is 138 cm³/mol. The van der Waals surface area contributed by atoms with Gasteiger partial charge in [-0.25, -0.2) is 15.0 Å². The number of piperidine rings is 1. The molecule has 1 saturated heterocycles. The van der Waals surface area contributed by atoms with Gasteiger partial charge in [-0.3, -0.25) is 0 Å². The van der Waals surface area contributed by atoms with Gasteiger partial charge in [0.25, 0.3) is 0 Å². The van der Waals surface area contributed by atoms with Gasteiger partial charge in [0.1, 0.15) is 5.75 Å². The summed E-state index contributed by atoms with van der Waals surface area (Å²) in [7, 11) is 1.67. The fourth-order valence-corrected chi connectivity index (χ4v) is 5.11. The number of anilines is 3. The zero-order chi connectivity index (χ0) is 24.7. The first-order valence-corrected chi connectivity index (χ1v) is 12.4. The van der Waals surface area contributed by atoms with Crippen molar-refractivity contribution >= 4 is 22.8 Å². The minimum absolute atomic E-state index is 0.578. The SMILES string of the molecule is COc1cc(Nc2nc(-c3cnc4c(c3)CCCO4)cn3ccnc23)ccc1N1CCC[C@@](C)(O)C1. The molecule has 0 aliphatic carbocycles. The van der Waals surface area contributed by atoms with Gasteiger partial charge in [-0.15, -0.1) is 0 Å². The minimum atomic E-state index is -0.700. The number of aryl methyl sites for hydroxylation is 1. The highest BCUT2D eigenvalue weighted by Gasteiger charge is 2.29. The van der Waals surface area contributed by atoms with Crippen molar-refractivity contribution in [3.05, 3.63) is 54.6 Å². The van der Waals surface area contributed by atoms with Gasteiger partial charge in [-0.1, -0.05) is 0 Å². The van der Waals surface area contributed by atoms with Gasteiger partial charge in [0.05, 0.1) is 30.7 Å². The highest BCUT2D eigenvalue weighted by atomic mass is 16.5. The van der Waals surface area contributed by atoms with E-state index < -0.39 is 5.60 Å². The smallest absolute Gasteiger partial charge is 0.216 e. The molecule has 9 heteroatoms. The molecule has 0 spiro atoms. The van der Waals surface area contributed by atoms with Crippen LogP contribution in [0.3, 0.4) is 0 Å². The summed E-state index contributed by atoms with van der Waals surface area (Å²) in [5.74, 6) is 2.10. The number of hydrogen-bond donors (Lipinski definition) is 2. The first-order valence-electron chi connectivity index (χ1n) is 12.4. The third-order valence-electron chi connectivity index (χ3n) is 6.88. The summed E-state index contributed by atoms with van der Waals surface area (Å²) in [5.41, 5.74) is 4.67. The van der Waals surface area contributed by atoms with E-state index in [4.69, 9.17) is 14.5 Å². The molecule has 0 bridgehead atoms. The lowest BCUT2D eigenvalue weighted by Crippen LogP contribution is -2.46. The number of nitrogens with zero attached hydrogens (tertiary/aromatic N) is 5. The van der Waals surface area contributed by atoms with Gasteiger partial charge < -0.3 is 29.2 Å². The molecule has 0 saturated carbocycles. The molecule has 186 valence electrons. The Balaban J connectivity index is 1.33. The second-order valence-electron chi connectivity index (χ2n) is 9.81. The van der Waals surface area contributed by atoms with Crippen LogP contribution in [0.25, 0.3) is 16.9 Å². The monoisotopic (exact) mass is 486 g/mol. The molecule has 2 N–H and O–H groups in total. The number of methoxy groups -OCH3 is 1. The van der Waals surface area contributed by atoms with Crippen LogP contribution < -0.4 is 19.7 Å². The van der Waals surface area contributed by atoms with E-state index in [2.05, 4.69) is 26.3 Å². The minimum Gasteiger partial charge on any atom is -0.495 e. The number of nitrogens with one attached hydrogen (secondary N) is 1. The molecular weight excluding hydrogens is 456 g/mol. The molecule has 1 atom stereocenters. The topological polar surface area (TPSA) is 97.0 Å². The van der Waals surface area contributed by atoms with Crippen LogP contribution in [0, 0.1) is 0 Å². The first kappa shape index (κ1) is 22.6. The molecule has 2 aliphatic rings. The number of imidazole rings is 1. The average Bonchev–Trinajstić information content (AvgIpc) is 3.37. The van der Waals surface area contributed by atoms with Crippen LogP contribution in [0.5, 0.6) is 11.6 Å². The van der Waals surface area contributed by atoms with Crippen molar-refractivity contribution in [3.8, 4) is 22.9 Å². The van der Waals surface area contributed by atoms with Gasteiger partial charge in [0.15, 0.2) is 11.5 Å². The van der Waals surface area contributed by atoms with E-state index in [0.717, 1.165) is 77.7 Å². The van der Waals surface area contributed by atoms with E-state index in [-0.39, 0.29) is 0 Å². The average molecular weight is 487 g/mol. The fraction of sp³-hybridized carbons (Fsp3) is 0.370. The summed E-state index contributed by atoms with van der Waals surface area (Å²) in [6.07, 6.45) is 11.1. The lowest BCUT2D eigenvalue weighted by atomic mass is 9.94. The van der Waals surface area contributed by atoms with Gasteiger partial charge in [-0.05, 0) is 50.8 Å². The highest BCUT2D eigenvalue weighted by molar-refractivity contribution is 5.76. The number of fused-ring (bicyclic) bond motifs is 2. The standard InChI is InChI=1S/C27H30N6O3/c1-27(34)8-4-10-33(17-27)22-7-6-20(14-23(22)35-2)30-24-25-28-9-11-32(25)16-21(31-24)19-13-18-5-3-12-36-26(18)29-15-19/h6-7,9,11,13-16,34H,3-5,8,10,12,17H2,1-2H3,(H,30,31)/t27-/m1/s1. The molecule has 36 heavy (non-hydrogen) atoms. The maximum Gasteiger partial charge on any atom is 0.216 e. The Morgan fingerprint density at radius 2 is 2.11 bits per heavy atom. The van der Waals surface area contributed by atoms with Gasteiger partial charge in [0, 0.05) is 60.8 Å². The van der Waals surface area contributed by atoms with E-state index in [0.29, 0.717) is 19.0 Å². The largest absolute Gasteiger partial charge is 0.495 e. The number of rotatable bonds is 5. The van der Waals surface area contributed by atoms with Crippen LogP contribution in [-0.2, 0) is 6.42 Å². The van der Waals surface area contributed by atoms with Crippen molar-refractivity contribution in [3.63, 3.8) is 0 Å². The van der Waals surface area contributed by atoms with Gasteiger partial charge in [-0.2, -0.15) is 0 Å². The predicted octanol–water partition coefficient (Wildman–Crippen LogP) is 4.22. The van der Waals surface area contributed by atoms with Crippen LogP contribution in [0.15, 0.2) is 49.1 Å². The van der Waals surface area contributed by atoms with E-state index >= 15 is 0 Å². The molecule has 5 heterocycles. The number of aromatic nitrogens is 4. The van der Waals surface area contributed by atoms with Crippen molar-refractivity contribution in [1.82, 2.24) is 19.4 Å². The van der Waals surface area contributed by atoms with Crippen LogP contribution in [0.4, 0.5) is 17.2 Å². The molecule has 1 aromatic carbocycles. The Morgan fingerprint density at radius 1 is 1.19 bits per heavy atom. The van der Waals surface area contributed by atoms with Crippen LogP contribution in [-0.4, -0.2) is 56.9 Å². The quantitative estimate of drug-likeness (QED) is 0.433. The number of benzene rings is 1. The molecule has 2 aliphatic heterocycles. The normalized spacial score (nSPS) is 19.6. The molecular formula is C27H30N6O3. The van der Waals surface area contributed by atoms with E-state index in [9.17, 15) is 5.11 Å². The van der Waals surface area contributed by atoms with Crippen LogP contribution in [0.2, 0.25) is 0 Å². The Kier molecular flexibility index (Phi) is 5.64. The van der Waals surface area contributed by atoms with Crippen molar-refractivity contribution in [2.24, 2.45) is 0 Å². The summed E-state index contributed by atoms with van der Waals surface area (Å²) < 4.78 is 13.4. The van der Waals surface area contributed by atoms with Crippen molar-refractivity contribution in [1.29, 1.82) is 0 Å². The molecule has 3 aromatic heterocycles. The van der Waals surface area contributed by atoms with Crippen LogP contribution in [0.1, 0.15) is 31.7 Å². The number of β-amino-alcohol motifs (C(OH)–C–C–N with tert-alkyl or cyclic N) is 1. The summed E-state index contributed by atoms with van der Waals surface area (Å²) in [4.78, 5) is 16.1. The summed E-state index contributed by atoms with van der Waals surface area (Å²) in [6, 6.07) is 8.11. The third kappa shape index (κ3) is 4.30. The van der Waals surface area contributed by atoms with E-state index in [1.165, 1.54) is 0 Å². The van der Waals surface area contributed by atoms with E-state index in [1.807, 2.05) is 48.1 Å².